The highest BCUT2D eigenvalue weighted by Crippen LogP contribution is 2.24. The van der Waals surface area contributed by atoms with Crippen LogP contribution >= 0.6 is 0 Å². The van der Waals surface area contributed by atoms with Crippen molar-refractivity contribution in [2.45, 2.75) is 46.8 Å². The van der Waals surface area contributed by atoms with Crippen LogP contribution in [0.15, 0.2) is 6.07 Å². The molecule has 0 radical (unpaired) electrons. The maximum Gasteiger partial charge on any atom is 0.255 e. The van der Waals surface area contributed by atoms with Crippen LogP contribution in [0.3, 0.4) is 0 Å². The van der Waals surface area contributed by atoms with Gasteiger partial charge in [-0.1, -0.05) is 0 Å². The van der Waals surface area contributed by atoms with E-state index < -0.39 is 0 Å². The first-order valence-corrected chi connectivity index (χ1v) is 7.09. The molecule has 0 saturated carbocycles. The average Bonchev–Trinajstić information content (AvgIpc) is 2.94. The fraction of sp³-hybridized carbons (Fsp3) is 0.667. The number of carbonyl (C=O) groups excluding carboxylic acids is 1. The molecule has 1 amide bonds. The summed E-state index contributed by atoms with van der Waals surface area (Å²) in [6.45, 7) is 10.3. The van der Waals surface area contributed by atoms with Gasteiger partial charge in [0.1, 0.15) is 0 Å². The van der Waals surface area contributed by atoms with Gasteiger partial charge in [-0.25, -0.2) is 0 Å². The molecule has 1 aliphatic heterocycles. The minimum Gasteiger partial charge on any atom is -0.393 e. The molecule has 0 bridgehead atoms. The van der Waals surface area contributed by atoms with E-state index in [1.807, 2.05) is 31.7 Å². The van der Waals surface area contributed by atoms with Crippen LogP contribution in [0.1, 0.15) is 42.0 Å². The highest BCUT2D eigenvalue weighted by molar-refractivity contribution is 5.95. The third-order valence-corrected chi connectivity index (χ3v) is 4.31. The molecule has 19 heavy (non-hydrogen) atoms. The van der Waals surface area contributed by atoms with Gasteiger partial charge in [0.15, 0.2) is 0 Å². The fourth-order valence-electron chi connectivity index (χ4n) is 3.04. The Morgan fingerprint density at radius 2 is 2.21 bits per heavy atom. The number of rotatable bonds is 3. The van der Waals surface area contributed by atoms with Gasteiger partial charge in [-0.2, -0.15) is 0 Å². The first-order chi connectivity index (χ1) is 8.95. The zero-order chi connectivity index (χ0) is 14.2. The minimum atomic E-state index is -0.333. The van der Waals surface area contributed by atoms with E-state index in [4.69, 9.17) is 0 Å². The first-order valence-electron chi connectivity index (χ1n) is 7.09. The molecule has 2 unspecified atom stereocenters. The van der Waals surface area contributed by atoms with Gasteiger partial charge >= 0.3 is 0 Å². The summed E-state index contributed by atoms with van der Waals surface area (Å²) in [4.78, 5) is 14.4. The summed E-state index contributed by atoms with van der Waals surface area (Å²) < 4.78 is 2.16. The van der Waals surface area contributed by atoms with E-state index in [1.165, 1.54) is 0 Å². The SMILES string of the molecule is CCn1c(C)cc(C(=O)N2CCC(C(C)O)C2)c1C. The highest BCUT2D eigenvalue weighted by Gasteiger charge is 2.30. The highest BCUT2D eigenvalue weighted by atomic mass is 16.3. The number of aliphatic hydroxyl groups is 1. The molecule has 106 valence electrons. The molecule has 0 aliphatic carbocycles. The van der Waals surface area contributed by atoms with Crippen LogP contribution in [0.4, 0.5) is 0 Å². The monoisotopic (exact) mass is 264 g/mol. The second-order valence-electron chi connectivity index (χ2n) is 5.57. The van der Waals surface area contributed by atoms with Gasteiger partial charge in [0, 0.05) is 36.9 Å². The molecule has 0 aromatic carbocycles. The molecule has 1 N–H and O–H groups in total. The molecular formula is C15H24N2O2. The number of aryl methyl sites for hydroxylation is 1. The largest absolute Gasteiger partial charge is 0.393 e. The topological polar surface area (TPSA) is 45.5 Å². The number of hydrogen-bond acceptors (Lipinski definition) is 2. The summed E-state index contributed by atoms with van der Waals surface area (Å²) in [5.41, 5.74) is 2.99. The summed E-state index contributed by atoms with van der Waals surface area (Å²) in [6.07, 6.45) is 0.566. The lowest BCUT2D eigenvalue weighted by Crippen LogP contribution is -2.30. The molecule has 1 aromatic rings. The van der Waals surface area contributed by atoms with Crippen molar-refractivity contribution in [3.8, 4) is 0 Å². The van der Waals surface area contributed by atoms with Crippen molar-refractivity contribution in [2.24, 2.45) is 5.92 Å². The zero-order valence-electron chi connectivity index (χ0n) is 12.3. The molecule has 4 nitrogen and oxygen atoms in total. The van der Waals surface area contributed by atoms with E-state index in [0.29, 0.717) is 6.54 Å². The Kier molecular flexibility index (Phi) is 3.99. The number of carbonyl (C=O) groups is 1. The molecule has 2 rings (SSSR count). The van der Waals surface area contributed by atoms with Crippen LogP contribution < -0.4 is 0 Å². The van der Waals surface area contributed by atoms with Crippen molar-refractivity contribution in [3.63, 3.8) is 0 Å². The van der Waals surface area contributed by atoms with Crippen LogP contribution in [0.5, 0.6) is 0 Å². The quantitative estimate of drug-likeness (QED) is 0.907. The Balaban J connectivity index is 2.17. The van der Waals surface area contributed by atoms with E-state index in [9.17, 15) is 9.90 Å². The summed E-state index contributed by atoms with van der Waals surface area (Å²) in [7, 11) is 0. The van der Waals surface area contributed by atoms with Crippen LogP contribution in [-0.2, 0) is 6.54 Å². The molecule has 2 atom stereocenters. The normalized spacial score (nSPS) is 20.9. The zero-order valence-corrected chi connectivity index (χ0v) is 12.3. The second kappa shape index (κ2) is 5.37. The van der Waals surface area contributed by atoms with Gasteiger partial charge in [-0.05, 0) is 40.2 Å². The summed E-state index contributed by atoms with van der Waals surface area (Å²) in [5, 5.41) is 9.62. The Morgan fingerprint density at radius 3 is 2.68 bits per heavy atom. The minimum absolute atomic E-state index is 0.107. The molecule has 1 aromatic heterocycles. The molecule has 2 heterocycles. The van der Waals surface area contributed by atoms with E-state index in [-0.39, 0.29) is 17.9 Å². The Morgan fingerprint density at radius 1 is 1.53 bits per heavy atom. The molecule has 1 fully saturated rings. The van der Waals surface area contributed by atoms with Gasteiger partial charge in [0.05, 0.1) is 11.7 Å². The third-order valence-electron chi connectivity index (χ3n) is 4.31. The maximum atomic E-state index is 12.5. The third kappa shape index (κ3) is 2.54. The van der Waals surface area contributed by atoms with Crippen molar-refractivity contribution in [1.29, 1.82) is 0 Å². The van der Waals surface area contributed by atoms with Gasteiger partial charge in [0.2, 0.25) is 0 Å². The molecular weight excluding hydrogens is 240 g/mol. The maximum absolute atomic E-state index is 12.5. The Labute approximate surface area is 115 Å². The lowest BCUT2D eigenvalue weighted by molar-refractivity contribution is 0.0761. The standard InChI is InChI=1S/C15H24N2O2/c1-5-17-10(2)8-14(11(17)3)15(19)16-7-6-13(9-16)12(4)18/h8,12-13,18H,5-7,9H2,1-4H3. The van der Waals surface area contributed by atoms with Gasteiger partial charge in [0.25, 0.3) is 5.91 Å². The van der Waals surface area contributed by atoms with Crippen molar-refractivity contribution >= 4 is 5.91 Å². The van der Waals surface area contributed by atoms with E-state index in [2.05, 4.69) is 11.5 Å². The second-order valence-corrected chi connectivity index (χ2v) is 5.57. The fourth-order valence-corrected chi connectivity index (χ4v) is 3.04. The van der Waals surface area contributed by atoms with Crippen LogP contribution in [0.25, 0.3) is 0 Å². The Bertz CT molecular complexity index is 477. The lowest BCUT2D eigenvalue weighted by atomic mass is 10.0. The molecule has 1 aliphatic rings. The number of aliphatic hydroxyl groups excluding tert-OH is 1. The predicted molar refractivity (Wildman–Crippen MR) is 75.3 cm³/mol. The lowest BCUT2D eigenvalue weighted by Gasteiger charge is -2.18. The number of hydrogen-bond donors (Lipinski definition) is 1. The van der Waals surface area contributed by atoms with Crippen LogP contribution in [0, 0.1) is 19.8 Å². The van der Waals surface area contributed by atoms with Crippen LogP contribution in [0.2, 0.25) is 0 Å². The summed E-state index contributed by atoms with van der Waals surface area (Å²) in [5.74, 6) is 0.328. The molecule has 1 saturated heterocycles. The predicted octanol–water partition coefficient (Wildman–Crippen LogP) is 1.97. The number of amides is 1. The Hall–Kier alpha value is -1.29. The average molecular weight is 264 g/mol. The smallest absolute Gasteiger partial charge is 0.255 e. The summed E-state index contributed by atoms with van der Waals surface area (Å²) >= 11 is 0. The van der Waals surface area contributed by atoms with Crippen LogP contribution in [-0.4, -0.2) is 39.7 Å². The van der Waals surface area contributed by atoms with Crippen molar-refractivity contribution in [1.82, 2.24) is 9.47 Å². The molecule has 4 heteroatoms. The number of likely N-dealkylation sites (tertiary alicyclic amines) is 1. The van der Waals surface area contributed by atoms with E-state index in [1.54, 1.807) is 0 Å². The van der Waals surface area contributed by atoms with Crippen molar-refractivity contribution in [2.75, 3.05) is 13.1 Å². The molecule has 0 spiro atoms. The van der Waals surface area contributed by atoms with E-state index in [0.717, 1.165) is 36.5 Å². The van der Waals surface area contributed by atoms with Gasteiger partial charge in [-0.15, -0.1) is 0 Å². The summed E-state index contributed by atoms with van der Waals surface area (Å²) in [6, 6.07) is 1.98. The van der Waals surface area contributed by atoms with E-state index >= 15 is 0 Å². The van der Waals surface area contributed by atoms with Crippen molar-refractivity contribution in [3.05, 3.63) is 23.0 Å². The van der Waals surface area contributed by atoms with Crippen molar-refractivity contribution < 1.29 is 9.90 Å². The van der Waals surface area contributed by atoms with Gasteiger partial charge < -0.3 is 14.6 Å². The first kappa shape index (κ1) is 14.1. The number of nitrogens with zero attached hydrogens (tertiary/aromatic N) is 2. The number of aromatic nitrogens is 1. The van der Waals surface area contributed by atoms with Gasteiger partial charge in [-0.3, -0.25) is 4.79 Å².